The zero-order valence-corrected chi connectivity index (χ0v) is 16.1. The van der Waals surface area contributed by atoms with E-state index in [1.165, 1.54) is 17.9 Å². The van der Waals surface area contributed by atoms with Crippen molar-refractivity contribution in [1.82, 2.24) is 10.2 Å². The number of benzene rings is 1. The molecule has 140 valence electrons. The Morgan fingerprint density at radius 3 is 2.65 bits per heavy atom. The molecule has 2 aliphatic rings. The first-order valence-electron chi connectivity index (χ1n) is 8.57. The summed E-state index contributed by atoms with van der Waals surface area (Å²) in [6.07, 6.45) is 1.48. The lowest BCUT2D eigenvalue weighted by atomic mass is 9.80. The number of hydrogen-bond acceptors (Lipinski definition) is 5. The quantitative estimate of drug-likeness (QED) is 0.624. The number of fused-ring (bicyclic) bond motifs is 1. The summed E-state index contributed by atoms with van der Waals surface area (Å²) in [6, 6.07) is 4.01. The Morgan fingerprint density at radius 2 is 2.04 bits per heavy atom. The summed E-state index contributed by atoms with van der Waals surface area (Å²) in [7, 11) is 0. The number of carbonyl (C=O) groups excluding carboxylic acids is 2. The van der Waals surface area contributed by atoms with Crippen molar-refractivity contribution in [2.24, 2.45) is 11.8 Å². The molecular weight excluding hydrogens is 404 g/mol. The third-order valence-corrected chi connectivity index (χ3v) is 5.88. The van der Waals surface area contributed by atoms with E-state index in [0.717, 1.165) is 6.42 Å². The van der Waals surface area contributed by atoms with Crippen LogP contribution >= 0.6 is 15.9 Å². The molecule has 0 saturated carbocycles. The van der Waals surface area contributed by atoms with Crippen molar-refractivity contribution < 1.29 is 24.6 Å². The minimum Gasteiger partial charge on any atom is -0.508 e. The predicted molar refractivity (Wildman–Crippen MR) is 96.3 cm³/mol. The third-order valence-electron chi connectivity index (χ3n) is 5.38. The van der Waals surface area contributed by atoms with Crippen LogP contribution < -0.4 is 5.32 Å². The highest BCUT2D eigenvalue weighted by Gasteiger charge is 2.66. The van der Waals surface area contributed by atoms with Gasteiger partial charge in [-0.25, -0.2) is 0 Å². The Balaban J connectivity index is 2.08. The monoisotopic (exact) mass is 424 g/mol. The molecule has 1 aromatic carbocycles. The van der Waals surface area contributed by atoms with E-state index < -0.39 is 35.3 Å². The van der Waals surface area contributed by atoms with Crippen LogP contribution in [0.1, 0.15) is 38.3 Å². The van der Waals surface area contributed by atoms with Gasteiger partial charge in [0.1, 0.15) is 11.3 Å². The van der Waals surface area contributed by atoms with Crippen molar-refractivity contribution in [3.63, 3.8) is 0 Å². The SMILES string of the molecule is CCCCN1C(=O)[C@H]2[C@@H](c3cc(Br)ccc3O)N[C@@](C)(C(=O)O)[C@@H]2C1=O. The second-order valence-corrected chi connectivity index (χ2v) is 7.93. The van der Waals surface area contributed by atoms with Gasteiger partial charge in [0.15, 0.2) is 0 Å². The number of carbonyl (C=O) groups is 3. The van der Waals surface area contributed by atoms with E-state index in [1.807, 2.05) is 6.92 Å². The van der Waals surface area contributed by atoms with Crippen LogP contribution in [0.4, 0.5) is 0 Å². The Kier molecular flexibility index (Phi) is 4.83. The Hall–Kier alpha value is -1.93. The number of nitrogens with zero attached hydrogens (tertiary/aromatic N) is 1. The molecule has 2 saturated heterocycles. The molecule has 0 spiro atoms. The maximum Gasteiger partial charge on any atom is 0.324 e. The molecule has 1 aromatic rings. The number of carboxylic acid groups (broad SMARTS) is 1. The van der Waals surface area contributed by atoms with Gasteiger partial charge >= 0.3 is 5.97 Å². The summed E-state index contributed by atoms with van der Waals surface area (Å²) in [4.78, 5) is 39.0. The second-order valence-electron chi connectivity index (χ2n) is 7.02. The van der Waals surface area contributed by atoms with E-state index >= 15 is 0 Å². The molecule has 26 heavy (non-hydrogen) atoms. The van der Waals surface area contributed by atoms with Gasteiger partial charge in [-0.1, -0.05) is 29.3 Å². The number of carboxylic acids is 1. The zero-order chi connectivity index (χ0) is 19.2. The summed E-state index contributed by atoms with van der Waals surface area (Å²) in [5, 5.41) is 23.0. The molecular formula is C18H21BrN2O5. The van der Waals surface area contributed by atoms with Crippen LogP contribution in [-0.4, -0.2) is 45.0 Å². The number of hydrogen-bond donors (Lipinski definition) is 3. The number of aliphatic carboxylic acids is 1. The van der Waals surface area contributed by atoms with E-state index in [2.05, 4.69) is 21.2 Å². The molecule has 0 unspecified atom stereocenters. The number of nitrogens with one attached hydrogen (secondary N) is 1. The summed E-state index contributed by atoms with van der Waals surface area (Å²) in [6.45, 7) is 3.67. The second kappa shape index (κ2) is 6.66. The van der Waals surface area contributed by atoms with Gasteiger partial charge in [0.05, 0.1) is 11.8 Å². The van der Waals surface area contributed by atoms with Crippen molar-refractivity contribution >= 4 is 33.7 Å². The van der Waals surface area contributed by atoms with E-state index in [1.54, 1.807) is 12.1 Å². The van der Waals surface area contributed by atoms with Gasteiger partial charge in [0.25, 0.3) is 0 Å². The Bertz CT molecular complexity index is 783. The highest BCUT2D eigenvalue weighted by Crippen LogP contribution is 2.50. The highest BCUT2D eigenvalue weighted by molar-refractivity contribution is 9.10. The fraction of sp³-hybridized carbons (Fsp3) is 0.500. The van der Waals surface area contributed by atoms with Crippen molar-refractivity contribution in [2.75, 3.05) is 6.54 Å². The number of phenols is 1. The van der Waals surface area contributed by atoms with Crippen LogP contribution in [0.2, 0.25) is 0 Å². The van der Waals surface area contributed by atoms with Crippen molar-refractivity contribution in [3.05, 3.63) is 28.2 Å². The van der Waals surface area contributed by atoms with Crippen molar-refractivity contribution in [2.45, 2.75) is 38.3 Å². The smallest absolute Gasteiger partial charge is 0.324 e. The number of rotatable bonds is 5. The Morgan fingerprint density at radius 1 is 1.35 bits per heavy atom. The van der Waals surface area contributed by atoms with Gasteiger partial charge in [-0.3, -0.25) is 24.6 Å². The van der Waals surface area contributed by atoms with Gasteiger partial charge in [-0.15, -0.1) is 0 Å². The number of unbranched alkanes of at least 4 members (excludes halogenated alkanes) is 1. The minimum absolute atomic E-state index is 0.0497. The molecule has 0 aliphatic carbocycles. The van der Waals surface area contributed by atoms with Gasteiger partial charge in [-0.05, 0) is 31.5 Å². The molecule has 7 nitrogen and oxygen atoms in total. The van der Waals surface area contributed by atoms with E-state index in [0.29, 0.717) is 16.5 Å². The average Bonchev–Trinajstić information content (AvgIpc) is 3.03. The van der Waals surface area contributed by atoms with Crippen molar-refractivity contribution in [3.8, 4) is 5.75 Å². The zero-order valence-electron chi connectivity index (χ0n) is 14.5. The number of phenolic OH excluding ortho intramolecular Hbond substituents is 1. The first-order valence-corrected chi connectivity index (χ1v) is 9.36. The lowest BCUT2D eigenvalue weighted by Crippen LogP contribution is -2.53. The molecule has 0 bridgehead atoms. The summed E-state index contributed by atoms with van der Waals surface area (Å²) < 4.78 is 0.687. The molecule has 2 fully saturated rings. The van der Waals surface area contributed by atoms with Gasteiger partial charge in [0, 0.05) is 22.6 Å². The van der Waals surface area contributed by atoms with Crippen LogP contribution in [0, 0.1) is 11.8 Å². The summed E-state index contributed by atoms with van der Waals surface area (Å²) in [5.41, 5.74) is -1.18. The van der Waals surface area contributed by atoms with Gasteiger partial charge < -0.3 is 10.2 Å². The third kappa shape index (κ3) is 2.72. The molecule has 8 heteroatoms. The molecule has 0 aromatic heterocycles. The maximum absolute atomic E-state index is 13.0. The van der Waals surface area contributed by atoms with Gasteiger partial charge in [0.2, 0.25) is 11.8 Å². The fourth-order valence-electron chi connectivity index (χ4n) is 3.97. The Labute approximate surface area is 159 Å². The van der Waals surface area contributed by atoms with E-state index in [4.69, 9.17) is 0 Å². The lowest BCUT2D eigenvalue weighted by Gasteiger charge is -2.27. The normalized spacial score (nSPS) is 30.7. The number of amides is 2. The van der Waals surface area contributed by atoms with Crippen LogP contribution in [0.25, 0.3) is 0 Å². The molecule has 3 rings (SSSR count). The first kappa shape index (κ1) is 18.8. The molecule has 0 radical (unpaired) electrons. The predicted octanol–water partition coefficient (Wildman–Crippen LogP) is 2.04. The number of imide groups is 1. The maximum atomic E-state index is 13.0. The van der Waals surface area contributed by atoms with Gasteiger partial charge in [-0.2, -0.15) is 0 Å². The lowest BCUT2D eigenvalue weighted by molar-refractivity contribution is -0.150. The van der Waals surface area contributed by atoms with Crippen LogP contribution in [0.3, 0.4) is 0 Å². The van der Waals surface area contributed by atoms with Crippen LogP contribution in [-0.2, 0) is 14.4 Å². The van der Waals surface area contributed by atoms with E-state index in [-0.39, 0.29) is 18.2 Å². The van der Waals surface area contributed by atoms with Crippen molar-refractivity contribution in [1.29, 1.82) is 0 Å². The minimum atomic E-state index is -1.59. The molecule has 4 atom stereocenters. The number of halogens is 1. The average molecular weight is 425 g/mol. The molecule has 2 aliphatic heterocycles. The number of likely N-dealkylation sites (tertiary alicyclic amines) is 1. The fourth-order valence-corrected chi connectivity index (χ4v) is 4.35. The van der Waals surface area contributed by atoms with Crippen LogP contribution in [0.15, 0.2) is 22.7 Å². The first-order chi connectivity index (χ1) is 12.2. The molecule has 3 N–H and O–H groups in total. The van der Waals surface area contributed by atoms with Crippen LogP contribution in [0.5, 0.6) is 5.75 Å². The van der Waals surface area contributed by atoms with E-state index in [9.17, 15) is 24.6 Å². The topological polar surface area (TPSA) is 107 Å². The highest BCUT2D eigenvalue weighted by atomic mass is 79.9. The largest absolute Gasteiger partial charge is 0.508 e. The standard InChI is InChI=1S/C18H21BrN2O5/c1-3-4-7-21-15(23)12-13(16(21)24)18(2,17(25)26)20-14(12)10-8-9(19)5-6-11(10)22/h5-6,8,12-14,20,22H,3-4,7H2,1-2H3,(H,25,26)/t12-,13+,14-,18-/m1/s1. The number of aromatic hydroxyl groups is 1. The molecule has 2 amide bonds. The molecule has 2 heterocycles. The summed E-state index contributed by atoms with van der Waals surface area (Å²) in [5.74, 6) is -3.94. The summed E-state index contributed by atoms with van der Waals surface area (Å²) >= 11 is 3.33.